The van der Waals surface area contributed by atoms with Gasteiger partial charge in [0.25, 0.3) is 0 Å². The van der Waals surface area contributed by atoms with E-state index in [2.05, 4.69) is 14.7 Å². The third-order valence-electron chi connectivity index (χ3n) is 45.4. The zero-order valence-corrected chi connectivity index (χ0v) is 69.3. The van der Waals surface area contributed by atoms with Crippen molar-refractivity contribution < 1.29 is 0 Å². The molecule has 21 saturated carbocycles. The molecule has 3 nitrogen and oxygen atoms in total. The predicted molar refractivity (Wildman–Crippen MR) is 443 cm³/mol. The second-order valence-corrected chi connectivity index (χ2v) is 48.2. The Kier molecular flexibility index (Phi) is 19.6. The van der Waals surface area contributed by atoms with Crippen molar-refractivity contribution in [3.05, 3.63) is 0 Å². The lowest BCUT2D eigenvalue weighted by molar-refractivity contribution is -0.174. The Labute approximate surface area is 658 Å². The second-order valence-electron chi connectivity index (χ2n) is 48.2. The van der Waals surface area contributed by atoms with Gasteiger partial charge in [-0.2, -0.15) is 0 Å². The molecule has 0 spiro atoms. The van der Waals surface area contributed by atoms with Crippen LogP contribution in [0.5, 0.6) is 0 Å². The lowest BCUT2D eigenvalue weighted by Crippen LogP contribution is -2.78. The first-order valence-electron chi connectivity index (χ1n) is 52.4. The quantitative estimate of drug-likeness (QED) is 0.213. The van der Waals surface area contributed by atoms with Gasteiger partial charge in [0, 0.05) is 54.4 Å². The maximum atomic E-state index is 4.08. The molecule has 0 aromatic rings. The molecule has 30 unspecified atom stereocenters. The van der Waals surface area contributed by atoms with E-state index in [1.807, 2.05) is 0 Å². The lowest BCUT2D eigenvalue weighted by atomic mass is 9.18. The molecule has 0 amide bonds. The molecule has 0 radical (unpaired) electrons. The summed E-state index contributed by atoms with van der Waals surface area (Å²) in [5.41, 5.74) is 0. The van der Waals surface area contributed by atoms with Crippen LogP contribution >= 0.6 is 0 Å². The Morgan fingerprint density at radius 2 is 0.467 bits per heavy atom. The number of nitrogens with zero attached hydrogens (tertiary/aromatic N) is 3. The minimum absolute atomic E-state index is 0.843. The molecule has 21 aliphatic carbocycles. The Morgan fingerprint density at radius 3 is 0.841 bits per heavy atom. The van der Waals surface area contributed by atoms with Gasteiger partial charge in [-0.1, -0.05) is 244 Å². The van der Waals surface area contributed by atoms with Crippen molar-refractivity contribution in [2.45, 2.75) is 463 Å². The summed E-state index contributed by atoms with van der Waals surface area (Å²) in [5, 5.41) is 0. The van der Waals surface area contributed by atoms with Crippen LogP contribution in [-0.2, 0) is 0 Å². The average Bonchev–Trinajstić information content (AvgIpc) is 0.664. The zero-order valence-electron chi connectivity index (χ0n) is 69.3. The molecule has 4 bridgehead atoms. The van der Waals surface area contributed by atoms with Gasteiger partial charge >= 0.3 is 0 Å². The van der Waals surface area contributed by atoms with E-state index in [1.54, 1.807) is 392 Å². The van der Waals surface area contributed by atoms with Crippen LogP contribution in [0.25, 0.3) is 0 Å². The molecule has 25 fully saturated rings. The van der Waals surface area contributed by atoms with E-state index < -0.39 is 0 Å². The third kappa shape index (κ3) is 11.8. The summed E-state index contributed by atoms with van der Waals surface area (Å²) in [4.78, 5) is 11.8. The van der Waals surface area contributed by atoms with Crippen LogP contribution in [0.1, 0.15) is 392 Å². The molecule has 107 heavy (non-hydrogen) atoms. The Balaban J connectivity index is 0.685. The summed E-state index contributed by atoms with van der Waals surface area (Å²) in [6, 6.07) is 7.98. The molecule has 25 aliphatic rings. The van der Waals surface area contributed by atoms with Gasteiger partial charge in [-0.25, -0.2) is 0 Å². The predicted octanol–water partition coefficient (Wildman–Crippen LogP) is 26.4. The van der Waals surface area contributed by atoms with Crippen LogP contribution in [0.4, 0.5) is 0 Å². The van der Waals surface area contributed by atoms with Gasteiger partial charge in [0.05, 0.1) is 0 Å². The van der Waals surface area contributed by atoms with E-state index in [4.69, 9.17) is 0 Å². The van der Waals surface area contributed by atoms with E-state index in [0.717, 1.165) is 256 Å². The summed E-state index contributed by atoms with van der Waals surface area (Å²) in [6.07, 6.45) is 98.9. The molecular formula is C103H164BN3. The van der Waals surface area contributed by atoms with E-state index in [-0.39, 0.29) is 0 Å². The van der Waals surface area contributed by atoms with Crippen molar-refractivity contribution in [2.24, 2.45) is 178 Å². The number of piperidine rings is 2. The molecule has 594 valence electrons. The van der Waals surface area contributed by atoms with Gasteiger partial charge in [-0.15, -0.1) is 0 Å². The number of fused-ring (bicyclic) bond motifs is 8. The van der Waals surface area contributed by atoms with E-state index >= 15 is 0 Å². The number of hydrogen-bond donors (Lipinski definition) is 0. The first kappa shape index (κ1) is 71.1. The summed E-state index contributed by atoms with van der Waals surface area (Å²) in [6.45, 7) is 1.02. The fourth-order valence-corrected chi connectivity index (χ4v) is 43.4. The fourth-order valence-electron chi connectivity index (χ4n) is 43.4. The van der Waals surface area contributed by atoms with Crippen LogP contribution in [-0.4, -0.2) is 75.8 Å². The summed E-state index contributed by atoms with van der Waals surface area (Å²) in [5.74, 6) is 35.2. The largest absolute Gasteiger partial charge is 0.295 e. The van der Waals surface area contributed by atoms with Crippen LogP contribution in [0, 0.1) is 178 Å². The molecular weight excluding hydrogens is 1290 g/mol. The maximum absolute atomic E-state index is 4.08. The van der Waals surface area contributed by atoms with Crippen molar-refractivity contribution in [1.29, 1.82) is 0 Å². The summed E-state index contributed by atoms with van der Waals surface area (Å²) in [7, 11) is 0. The van der Waals surface area contributed by atoms with Gasteiger partial charge in [0.15, 0.2) is 6.71 Å². The SMILES string of the molecule is C1CCC(C2CCCC(C3CCCCC3)C2N2C3CC(C4CCC5CCCC6C7CCCC8CCCC(C87)C4C56)CCC3B3C4CCC(C5CCC6CCCC7C8CCCC9CCCC(C98)C5C67)CC4N(C4C(C5CCCCC5)CCCC4C4CCCCC4)C4CC(N5C6CC7CC(C6)CC5C7)CC2C34)CC1. The van der Waals surface area contributed by atoms with Crippen molar-refractivity contribution in [3.63, 3.8) is 0 Å². The minimum atomic E-state index is 0.843. The topological polar surface area (TPSA) is 9.72 Å². The van der Waals surface area contributed by atoms with Gasteiger partial charge in [0.2, 0.25) is 0 Å². The van der Waals surface area contributed by atoms with Crippen LogP contribution in [0.15, 0.2) is 0 Å². The highest BCUT2D eigenvalue weighted by Crippen LogP contribution is 2.74. The average molecular weight is 1460 g/mol. The van der Waals surface area contributed by atoms with E-state index in [0.29, 0.717) is 0 Å². The van der Waals surface area contributed by atoms with Crippen molar-refractivity contribution in [3.8, 4) is 0 Å². The molecule has 25 rings (SSSR count). The zero-order chi connectivity index (χ0) is 69.7. The lowest BCUT2D eigenvalue weighted by Gasteiger charge is -2.73. The monoisotopic (exact) mass is 1450 g/mol. The normalized spacial score (nSPS) is 55.9. The molecule has 30 atom stereocenters. The third-order valence-corrected chi connectivity index (χ3v) is 45.4. The Bertz CT molecular complexity index is 2780. The van der Waals surface area contributed by atoms with E-state index in [1.165, 1.54) is 0 Å². The Morgan fingerprint density at radius 1 is 0.168 bits per heavy atom. The first-order chi connectivity index (χ1) is 53.1. The summed E-state index contributed by atoms with van der Waals surface area (Å²) < 4.78 is 0. The number of rotatable bonds is 9. The Hall–Kier alpha value is -0.0551. The highest BCUT2D eigenvalue weighted by Gasteiger charge is 2.71. The maximum Gasteiger partial charge on any atom is 0.156 e. The molecule has 4 saturated heterocycles. The van der Waals surface area contributed by atoms with Gasteiger partial charge in [0.1, 0.15) is 0 Å². The standard InChI is InChI=1S/C103H164BN3/c1-5-21-64(22-6-1)79-35-19-36-80(65-23-7-2-8-24-65)102(79)106-91-58-72(77-49-45-70-33-15-41-85-83-39-13-29-68-31-17-43-87(95(68)83)99(77)97(70)85)47-51-89(91)104-90-52-48-73(78-50-46-71-34-16-42-86-84-40-14-30-69-32-18-44-88(96(69)84)100(78)98(71)86)59-92(90)107(103-81(66-25-9-3-10-26-66)37-20-38-82(103)67-27-11-4-12-28-67)94-61-76(60-93(106)101(94)104)105-74-54-62-53-63(56-74)57-75(105)55-62/h62-103H,1-61H2. The first-order valence-corrected chi connectivity index (χ1v) is 52.4. The van der Waals surface area contributed by atoms with Crippen molar-refractivity contribution in [1.82, 2.24) is 14.7 Å². The number of hydrogen-bond acceptors (Lipinski definition) is 3. The molecule has 0 N–H and O–H groups in total. The molecule has 4 aliphatic heterocycles. The van der Waals surface area contributed by atoms with Gasteiger partial charge < -0.3 is 0 Å². The molecule has 4 heteroatoms. The highest BCUT2D eigenvalue weighted by molar-refractivity contribution is 6.65. The molecule has 0 aromatic carbocycles. The van der Waals surface area contributed by atoms with Gasteiger partial charge in [-0.05, 0) is 343 Å². The van der Waals surface area contributed by atoms with Crippen LogP contribution in [0.2, 0.25) is 17.5 Å². The van der Waals surface area contributed by atoms with Crippen LogP contribution in [0.3, 0.4) is 0 Å². The summed E-state index contributed by atoms with van der Waals surface area (Å²) >= 11 is 0. The molecule has 0 aromatic heterocycles. The van der Waals surface area contributed by atoms with Crippen molar-refractivity contribution in [2.75, 3.05) is 0 Å². The van der Waals surface area contributed by atoms with Crippen molar-refractivity contribution >= 4 is 6.71 Å². The van der Waals surface area contributed by atoms with Gasteiger partial charge in [-0.3, -0.25) is 14.7 Å². The fraction of sp³-hybridized carbons (Fsp3) is 1.00. The highest BCUT2D eigenvalue weighted by atomic mass is 15.3. The minimum Gasteiger partial charge on any atom is -0.295 e. The van der Waals surface area contributed by atoms with Crippen LogP contribution < -0.4 is 0 Å². The molecule has 4 heterocycles. The smallest absolute Gasteiger partial charge is 0.156 e. The second kappa shape index (κ2) is 29.5. The van der Waals surface area contributed by atoms with E-state index in [9.17, 15) is 0 Å².